The Morgan fingerprint density at radius 3 is 3.00 bits per heavy atom. The minimum atomic E-state index is -0.184. The summed E-state index contributed by atoms with van der Waals surface area (Å²) in [5, 5.41) is 3.85. The Morgan fingerprint density at radius 2 is 2.17 bits per heavy atom. The molecule has 2 heterocycles. The van der Waals surface area contributed by atoms with Crippen molar-refractivity contribution in [3.63, 3.8) is 0 Å². The van der Waals surface area contributed by atoms with Gasteiger partial charge in [-0.15, -0.1) is 0 Å². The standard InChI is InChI=1S/C20H18N2O2/c1-13-11-17(13)19-8-5-16(24-19)6-9-20(23)22-15-4-7-18-14(12-15)3-2-10-21-18/h2-10,12-13,17H,11H2,1H3,(H,22,23)/b9-6+. The molecule has 1 aliphatic rings. The number of aromatic nitrogens is 1. The van der Waals surface area contributed by atoms with E-state index in [1.54, 1.807) is 12.3 Å². The average Bonchev–Trinajstić information content (AvgIpc) is 3.14. The normalized spacial score (nSPS) is 19.7. The number of nitrogens with one attached hydrogen (secondary N) is 1. The van der Waals surface area contributed by atoms with Crippen molar-refractivity contribution in [2.75, 3.05) is 5.32 Å². The molecule has 4 nitrogen and oxygen atoms in total. The first-order chi connectivity index (χ1) is 11.7. The van der Waals surface area contributed by atoms with Gasteiger partial charge in [0.2, 0.25) is 5.91 Å². The van der Waals surface area contributed by atoms with Crippen molar-refractivity contribution in [1.29, 1.82) is 0 Å². The summed E-state index contributed by atoms with van der Waals surface area (Å²) in [5.74, 6) is 2.80. The topological polar surface area (TPSA) is 55.1 Å². The molecular formula is C20H18N2O2. The average molecular weight is 318 g/mol. The summed E-state index contributed by atoms with van der Waals surface area (Å²) in [6.07, 6.45) is 6.14. The van der Waals surface area contributed by atoms with Crippen LogP contribution >= 0.6 is 0 Å². The van der Waals surface area contributed by atoms with Crippen LogP contribution in [0.5, 0.6) is 0 Å². The summed E-state index contributed by atoms with van der Waals surface area (Å²) in [6.45, 7) is 2.22. The van der Waals surface area contributed by atoms with Crippen LogP contribution in [0.4, 0.5) is 5.69 Å². The number of nitrogens with zero attached hydrogens (tertiary/aromatic N) is 1. The third-order valence-corrected chi connectivity index (χ3v) is 4.39. The zero-order valence-electron chi connectivity index (χ0n) is 13.4. The highest BCUT2D eigenvalue weighted by atomic mass is 16.3. The number of carbonyl (C=O) groups excluding carboxylic acids is 1. The Labute approximate surface area is 140 Å². The maximum absolute atomic E-state index is 12.1. The molecule has 3 aromatic rings. The van der Waals surface area contributed by atoms with Gasteiger partial charge in [-0.3, -0.25) is 9.78 Å². The Morgan fingerprint density at radius 1 is 1.29 bits per heavy atom. The van der Waals surface area contributed by atoms with Crippen LogP contribution in [-0.4, -0.2) is 10.9 Å². The molecule has 0 spiro atoms. The number of rotatable bonds is 4. The lowest BCUT2D eigenvalue weighted by Gasteiger charge is -2.03. The summed E-state index contributed by atoms with van der Waals surface area (Å²) < 4.78 is 5.76. The molecule has 1 fully saturated rings. The predicted octanol–water partition coefficient (Wildman–Crippen LogP) is 4.60. The van der Waals surface area contributed by atoms with Crippen LogP contribution in [0.2, 0.25) is 0 Å². The van der Waals surface area contributed by atoms with Crippen molar-refractivity contribution in [2.45, 2.75) is 19.3 Å². The van der Waals surface area contributed by atoms with Crippen LogP contribution < -0.4 is 5.32 Å². The van der Waals surface area contributed by atoms with E-state index in [1.807, 2.05) is 42.5 Å². The van der Waals surface area contributed by atoms with E-state index in [-0.39, 0.29) is 5.91 Å². The maximum Gasteiger partial charge on any atom is 0.248 e. The lowest BCUT2D eigenvalue weighted by atomic mass is 10.2. The fourth-order valence-electron chi connectivity index (χ4n) is 2.87. The number of hydrogen-bond acceptors (Lipinski definition) is 3. The van der Waals surface area contributed by atoms with Crippen LogP contribution in [0.25, 0.3) is 17.0 Å². The quantitative estimate of drug-likeness (QED) is 0.715. The first-order valence-electron chi connectivity index (χ1n) is 8.12. The van der Waals surface area contributed by atoms with E-state index in [1.165, 1.54) is 12.5 Å². The Kier molecular flexibility index (Phi) is 3.65. The van der Waals surface area contributed by atoms with Gasteiger partial charge in [0, 0.05) is 29.3 Å². The molecule has 4 rings (SSSR count). The molecule has 1 aromatic carbocycles. The Hall–Kier alpha value is -2.88. The van der Waals surface area contributed by atoms with Crippen molar-refractivity contribution in [3.05, 3.63) is 66.3 Å². The van der Waals surface area contributed by atoms with Gasteiger partial charge >= 0.3 is 0 Å². The van der Waals surface area contributed by atoms with Crippen LogP contribution in [0.15, 0.2) is 59.2 Å². The molecule has 120 valence electrons. The zero-order valence-corrected chi connectivity index (χ0v) is 13.4. The zero-order chi connectivity index (χ0) is 16.5. The van der Waals surface area contributed by atoms with Gasteiger partial charge in [0.1, 0.15) is 11.5 Å². The van der Waals surface area contributed by atoms with Gasteiger partial charge in [-0.2, -0.15) is 0 Å². The Balaban J connectivity index is 1.42. The molecule has 0 radical (unpaired) electrons. The molecule has 2 atom stereocenters. The van der Waals surface area contributed by atoms with E-state index < -0.39 is 0 Å². The fourth-order valence-corrected chi connectivity index (χ4v) is 2.87. The smallest absolute Gasteiger partial charge is 0.248 e. The summed E-state index contributed by atoms with van der Waals surface area (Å²) in [5.41, 5.74) is 1.65. The second-order valence-corrected chi connectivity index (χ2v) is 6.29. The van der Waals surface area contributed by atoms with E-state index in [0.29, 0.717) is 17.6 Å². The minimum absolute atomic E-state index is 0.184. The highest BCUT2D eigenvalue weighted by Gasteiger charge is 2.36. The number of anilines is 1. The summed E-state index contributed by atoms with van der Waals surface area (Å²) in [4.78, 5) is 16.3. The van der Waals surface area contributed by atoms with Crippen molar-refractivity contribution in [3.8, 4) is 0 Å². The van der Waals surface area contributed by atoms with Crippen LogP contribution in [0.1, 0.15) is 30.8 Å². The van der Waals surface area contributed by atoms with Crippen molar-refractivity contribution in [2.24, 2.45) is 5.92 Å². The lowest BCUT2D eigenvalue weighted by molar-refractivity contribution is -0.111. The number of pyridine rings is 1. The van der Waals surface area contributed by atoms with Gasteiger partial charge in [0.15, 0.2) is 0 Å². The second-order valence-electron chi connectivity index (χ2n) is 6.29. The van der Waals surface area contributed by atoms with Gasteiger partial charge in [0.05, 0.1) is 5.52 Å². The molecule has 4 heteroatoms. The van der Waals surface area contributed by atoms with Crippen LogP contribution in [0, 0.1) is 5.92 Å². The number of furan rings is 1. The Bertz CT molecular complexity index is 926. The molecule has 1 aliphatic carbocycles. The van der Waals surface area contributed by atoms with Gasteiger partial charge in [-0.25, -0.2) is 0 Å². The first kappa shape index (κ1) is 14.7. The van der Waals surface area contributed by atoms with Crippen LogP contribution in [0.3, 0.4) is 0 Å². The number of benzene rings is 1. The summed E-state index contributed by atoms with van der Waals surface area (Å²) in [6, 6.07) is 13.4. The fraction of sp³-hybridized carbons (Fsp3) is 0.200. The molecular weight excluding hydrogens is 300 g/mol. The van der Waals surface area contributed by atoms with Gasteiger partial charge in [-0.1, -0.05) is 13.0 Å². The highest BCUT2D eigenvalue weighted by Crippen LogP contribution is 2.47. The monoisotopic (exact) mass is 318 g/mol. The largest absolute Gasteiger partial charge is 0.461 e. The van der Waals surface area contributed by atoms with E-state index in [4.69, 9.17) is 4.42 Å². The first-order valence-corrected chi connectivity index (χ1v) is 8.12. The lowest BCUT2D eigenvalue weighted by Crippen LogP contribution is -2.07. The summed E-state index contributed by atoms with van der Waals surface area (Å²) in [7, 11) is 0. The van der Waals surface area contributed by atoms with E-state index in [2.05, 4.69) is 17.2 Å². The van der Waals surface area contributed by atoms with Crippen molar-refractivity contribution < 1.29 is 9.21 Å². The molecule has 2 unspecified atom stereocenters. The summed E-state index contributed by atoms with van der Waals surface area (Å²) >= 11 is 0. The number of amides is 1. The minimum Gasteiger partial charge on any atom is -0.461 e. The molecule has 1 amide bonds. The third kappa shape index (κ3) is 3.08. The van der Waals surface area contributed by atoms with Gasteiger partial charge in [-0.05, 0) is 54.8 Å². The number of fused-ring (bicyclic) bond motifs is 1. The SMILES string of the molecule is CC1CC1c1ccc(/C=C/C(=O)Nc2ccc3ncccc3c2)o1. The molecule has 24 heavy (non-hydrogen) atoms. The molecule has 0 saturated heterocycles. The molecule has 2 aromatic heterocycles. The van der Waals surface area contributed by atoms with Gasteiger partial charge in [0.25, 0.3) is 0 Å². The highest BCUT2D eigenvalue weighted by molar-refractivity contribution is 6.02. The van der Waals surface area contributed by atoms with E-state index in [9.17, 15) is 4.79 Å². The number of hydrogen-bond donors (Lipinski definition) is 1. The third-order valence-electron chi connectivity index (χ3n) is 4.39. The van der Waals surface area contributed by atoms with Crippen molar-refractivity contribution in [1.82, 2.24) is 4.98 Å². The van der Waals surface area contributed by atoms with Gasteiger partial charge < -0.3 is 9.73 Å². The molecule has 0 bridgehead atoms. The molecule has 1 saturated carbocycles. The van der Waals surface area contributed by atoms with E-state index in [0.717, 1.165) is 22.4 Å². The second kappa shape index (κ2) is 5.96. The maximum atomic E-state index is 12.1. The molecule has 1 N–H and O–H groups in total. The molecule has 0 aliphatic heterocycles. The van der Waals surface area contributed by atoms with E-state index >= 15 is 0 Å². The predicted molar refractivity (Wildman–Crippen MR) is 94.6 cm³/mol. The van der Waals surface area contributed by atoms with Crippen molar-refractivity contribution >= 4 is 28.6 Å². The number of carbonyl (C=O) groups is 1. The van der Waals surface area contributed by atoms with Crippen LogP contribution in [-0.2, 0) is 4.79 Å².